The first-order chi connectivity index (χ1) is 12.9. The second-order valence-corrected chi connectivity index (χ2v) is 8.05. The summed E-state index contributed by atoms with van der Waals surface area (Å²) in [6, 6.07) is 4.24. The highest BCUT2D eigenvalue weighted by Crippen LogP contribution is 2.31. The van der Waals surface area contributed by atoms with E-state index in [9.17, 15) is 0 Å². The maximum Gasteiger partial charge on any atom is 0.147 e. The van der Waals surface area contributed by atoms with Crippen molar-refractivity contribution in [2.45, 2.75) is 38.4 Å². The van der Waals surface area contributed by atoms with E-state index in [0.717, 1.165) is 57.9 Å². The van der Waals surface area contributed by atoms with Crippen LogP contribution >= 0.6 is 23.7 Å². The lowest BCUT2D eigenvalue weighted by Crippen LogP contribution is -2.34. The molecule has 0 bridgehead atoms. The van der Waals surface area contributed by atoms with E-state index < -0.39 is 0 Å². The monoisotopic (exact) mass is 405 g/mol. The molecule has 0 unspecified atom stereocenters. The molecular formula is C18H24ClN7S. The Morgan fingerprint density at radius 3 is 2.89 bits per heavy atom. The Morgan fingerprint density at radius 1 is 1.19 bits per heavy atom. The normalized spacial score (nSPS) is 18.2. The Balaban J connectivity index is 0.00000180. The summed E-state index contributed by atoms with van der Waals surface area (Å²) in [5.41, 5.74) is 2.46. The number of halogens is 1. The summed E-state index contributed by atoms with van der Waals surface area (Å²) in [7, 11) is 0. The van der Waals surface area contributed by atoms with Crippen LogP contribution in [0.1, 0.15) is 36.0 Å². The van der Waals surface area contributed by atoms with Crippen molar-refractivity contribution < 1.29 is 0 Å². The second-order valence-electron chi connectivity index (χ2n) is 7.10. The van der Waals surface area contributed by atoms with Crippen molar-refractivity contribution in [2.75, 3.05) is 19.6 Å². The van der Waals surface area contributed by atoms with Crippen LogP contribution < -0.4 is 5.32 Å². The number of nitrogens with one attached hydrogen (secondary N) is 2. The van der Waals surface area contributed by atoms with Crippen molar-refractivity contribution in [1.82, 2.24) is 35.2 Å². The van der Waals surface area contributed by atoms with Gasteiger partial charge >= 0.3 is 0 Å². The largest absolute Gasteiger partial charge is 0.312 e. The molecule has 3 aromatic heterocycles. The van der Waals surface area contributed by atoms with Gasteiger partial charge < -0.3 is 9.88 Å². The molecule has 9 heteroatoms. The molecule has 0 radical (unpaired) electrons. The second kappa shape index (κ2) is 8.10. The third kappa shape index (κ3) is 3.67. The zero-order chi connectivity index (χ0) is 17.3. The predicted molar refractivity (Wildman–Crippen MR) is 108 cm³/mol. The lowest BCUT2D eigenvalue weighted by atomic mass is 9.95. The van der Waals surface area contributed by atoms with Crippen LogP contribution in [0.2, 0.25) is 0 Å². The fourth-order valence-corrected chi connectivity index (χ4v) is 4.83. The topological polar surface area (TPSA) is 74.7 Å². The molecule has 0 atom stereocenters. The summed E-state index contributed by atoms with van der Waals surface area (Å²) in [5.74, 6) is 2.82. The molecule has 1 saturated heterocycles. The van der Waals surface area contributed by atoms with Crippen molar-refractivity contribution in [3.05, 3.63) is 40.9 Å². The van der Waals surface area contributed by atoms with Crippen molar-refractivity contribution >= 4 is 23.7 Å². The Labute approximate surface area is 168 Å². The summed E-state index contributed by atoms with van der Waals surface area (Å²) in [4.78, 5) is 3.80. The van der Waals surface area contributed by atoms with E-state index in [0.29, 0.717) is 5.92 Å². The molecule has 5 rings (SSSR count). The first kappa shape index (κ1) is 18.6. The molecule has 0 amide bonds. The highest BCUT2D eigenvalue weighted by atomic mass is 35.5. The number of thiophene rings is 1. The number of aromatic nitrogens is 5. The number of nitrogens with zero attached hydrogens (tertiary/aromatic N) is 5. The first-order valence-corrected chi connectivity index (χ1v) is 10.2. The van der Waals surface area contributed by atoms with Gasteiger partial charge in [-0.05, 0) is 37.4 Å². The highest BCUT2D eigenvalue weighted by Gasteiger charge is 2.27. The van der Waals surface area contributed by atoms with Crippen molar-refractivity contribution in [1.29, 1.82) is 0 Å². The van der Waals surface area contributed by atoms with E-state index in [1.807, 2.05) is 6.20 Å². The van der Waals surface area contributed by atoms with E-state index in [1.165, 1.54) is 22.0 Å². The van der Waals surface area contributed by atoms with Gasteiger partial charge in [0.1, 0.15) is 11.6 Å². The molecule has 144 valence electrons. The minimum atomic E-state index is 0. The molecule has 0 aromatic carbocycles. The number of fused-ring (bicyclic) bond motifs is 1. The average molecular weight is 406 g/mol. The number of rotatable bonds is 4. The number of aromatic amines is 1. The zero-order valence-electron chi connectivity index (χ0n) is 15.1. The van der Waals surface area contributed by atoms with E-state index in [2.05, 4.69) is 52.7 Å². The van der Waals surface area contributed by atoms with Crippen LogP contribution in [0.15, 0.2) is 23.7 Å². The Hall–Kier alpha value is -1.74. The van der Waals surface area contributed by atoms with E-state index in [4.69, 9.17) is 0 Å². The van der Waals surface area contributed by atoms with Gasteiger partial charge in [-0.2, -0.15) is 5.10 Å². The molecule has 0 saturated carbocycles. The summed E-state index contributed by atoms with van der Waals surface area (Å²) in [6.45, 7) is 6.01. The molecule has 3 aromatic rings. The van der Waals surface area contributed by atoms with Gasteiger partial charge in [0.25, 0.3) is 0 Å². The fraction of sp³-hybridized carbons (Fsp3) is 0.500. The van der Waals surface area contributed by atoms with Crippen LogP contribution in [0.5, 0.6) is 0 Å². The minimum absolute atomic E-state index is 0. The third-order valence-electron chi connectivity index (χ3n) is 5.48. The van der Waals surface area contributed by atoms with Gasteiger partial charge in [0.05, 0.1) is 23.3 Å². The molecule has 5 heterocycles. The molecular weight excluding hydrogens is 382 g/mol. The van der Waals surface area contributed by atoms with E-state index >= 15 is 0 Å². The smallest absolute Gasteiger partial charge is 0.147 e. The van der Waals surface area contributed by atoms with Gasteiger partial charge in [0, 0.05) is 31.1 Å². The van der Waals surface area contributed by atoms with Crippen LogP contribution in [0.3, 0.4) is 0 Å². The quantitative estimate of drug-likeness (QED) is 0.698. The van der Waals surface area contributed by atoms with Crippen LogP contribution in [-0.2, 0) is 19.6 Å². The maximum atomic E-state index is 4.51. The Morgan fingerprint density at radius 2 is 2.07 bits per heavy atom. The van der Waals surface area contributed by atoms with Crippen molar-refractivity contribution in [3.63, 3.8) is 0 Å². The number of H-pyrrole nitrogens is 1. The van der Waals surface area contributed by atoms with E-state index in [1.54, 1.807) is 11.3 Å². The summed E-state index contributed by atoms with van der Waals surface area (Å²) in [5, 5.41) is 21.8. The SMILES string of the molecule is Cl.c1csc(-c2[nH]ncc2CN2CCC(c3nnc4n3CCNC4)CC2)c1. The lowest BCUT2D eigenvalue weighted by Gasteiger charge is -2.32. The van der Waals surface area contributed by atoms with Gasteiger partial charge in [-0.3, -0.25) is 10.00 Å². The predicted octanol–water partition coefficient (Wildman–Crippen LogP) is 2.63. The highest BCUT2D eigenvalue weighted by molar-refractivity contribution is 7.13. The Bertz CT molecular complexity index is 864. The standard InChI is InChI=1S/C18H23N7S.ClH/c1-2-15(26-9-1)17-14(10-20-22-17)12-24-6-3-13(4-7-24)18-23-21-16-11-19-5-8-25(16)18;/h1-2,9-10,13,19H,3-8,11-12H2,(H,20,22);1H. The van der Waals surface area contributed by atoms with Gasteiger partial charge in [0.2, 0.25) is 0 Å². The van der Waals surface area contributed by atoms with Gasteiger partial charge in [0.15, 0.2) is 0 Å². The molecule has 27 heavy (non-hydrogen) atoms. The van der Waals surface area contributed by atoms with Crippen LogP contribution in [-0.4, -0.2) is 49.5 Å². The number of hydrogen-bond acceptors (Lipinski definition) is 6. The minimum Gasteiger partial charge on any atom is -0.312 e. The summed E-state index contributed by atoms with van der Waals surface area (Å²) in [6.07, 6.45) is 4.28. The van der Waals surface area contributed by atoms with Crippen LogP contribution in [0.4, 0.5) is 0 Å². The molecule has 2 aliphatic rings. The molecule has 1 fully saturated rings. The van der Waals surface area contributed by atoms with Gasteiger partial charge in [-0.25, -0.2) is 0 Å². The fourth-order valence-electron chi connectivity index (χ4n) is 4.07. The summed E-state index contributed by atoms with van der Waals surface area (Å²) < 4.78 is 2.34. The zero-order valence-corrected chi connectivity index (χ0v) is 16.7. The average Bonchev–Trinajstić information content (AvgIpc) is 3.43. The molecule has 2 N–H and O–H groups in total. The third-order valence-corrected chi connectivity index (χ3v) is 6.37. The number of likely N-dealkylation sites (tertiary alicyclic amines) is 1. The lowest BCUT2D eigenvalue weighted by molar-refractivity contribution is 0.200. The molecule has 7 nitrogen and oxygen atoms in total. The maximum absolute atomic E-state index is 4.51. The first-order valence-electron chi connectivity index (χ1n) is 9.29. The number of hydrogen-bond donors (Lipinski definition) is 2. The molecule has 2 aliphatic heterocycles. The Kier molecular flexibility index (Phi) is 5.58. The van der Waals surface area contributed by atoms with Crippen molar-refractivity contribution in [2.24, 2.45) is 0 Å². The van der Waals surface area contributed by atoms with Crippen LogP contribution in [0.25, 0.3) is 10.6 Å². The molecule has 0 aliphatic carbocycles. The molecule has 0 spiro atoms. The number of piperidine rings is 1. The van der Waals surface area contributed by atoms with E-state index in [-0.39, 0.29) is 12.4 Å². The van der Waals surface area contributed by atoms with Gasteiger partial charge in [-0.1, -0.05) is 6.07 Å². The van der Waals surface area contributed by atoms with Gasteiger partial charge in [-0.15, -0.1) is 33.9 Å². The van der Waals surface area contributed by atoms with Crippen LogP contribution in [0, 0.1) is 0 Å². The van der Waals surface area contributed by atoms with Crippen molar-refractivity contribution in [3.8, 4) is 10.6 Å². The summed E-state index contributed by atoms with van der Waals surface area (Å²) >= 11 is 1.76.